The van der Waals surface area contributed by atoms with Crippen molar-refractivity contribution >= 4 is 17.8 Å². The Labute approximate surface area is 172 Å². The minimum absolute atomic E-state index is 0.00762. The molecule has 3 rings (SSSR count). The van der Waals surface area contributed by atoms with Crippen LogP contribution in [0.5, 0.6) is 0 Å². The van der Waals surface area contributed by atoms with E-state index in [2.05, 4.69) is 5.32 Å². The van der Waals surface area contributed by atoms with Gasteiger partial charge in [-0.25, -0.2) is 0 Å². The third-order valence-electron chi connectivity index (χ3n) is 6.82. The third-order valence-corrected chi connectivity index (χ3v) is 6.82. The van der Waals surface area contributed by atoms with Crippen molar-refractivity contribution in [2.45, 2.75) is 83.7 Å². The zero-order valence-electron chi connectivity index (χ0n) is 18.0. The van der Waals surface area contributed by atoms with E-state index in [1.807, 2.05) is 27.7 Å². The number of carbonyl (C=O) groups excluding carboxylic acids is 3. The lowest BCUT2D eigenvalue weighted by Crippen LogP contribution is -2.59. The minimum atomic E-state index is -1.04. The highest BCUT2D eigenvalue weighted by Gasteiger charge is 2.75. The van der Waals surface area contributed by atoms with Crippen molar-refractivity contribution in [1.29, 1.82) is 0 Å². The monoisotopic (exact) mass is 410 g/mol. The predicted octanol–water partition coefficient (Wildman–Crippen LogP) is 0.856. The molecule has 1 spiro atoms. The van der Waals surface area contributed by atoms with Crippen LogP contribution in [0, 0.1) is 17.8 Å². The molecular formula is C21H34N2O6. The molecule has 7 atom stereocenters. The van der Waals surface area contributed by atoms with E-state index >= 15 is 0 Å². The molecule has 2 bridgehead atoms. The SMILES string of the molecule is CCOC(=O)[C@@H]1[C@H]2C(=O)N([C@@H](CO)[C@@H](C)CC)C(C(=O)NC(C)C)C23CC[C@H]1O3. The topological polar surface area (TPSA) is 105 Å². The summed E-state index contributed by atoms with van der Waals surface area (Å²) < 4.78 is 11.5. The molecular weight excluding hydrogens is 376 g/mol. The second-order valence-electron chi connectivity index (χ2n) is 8.85. The van der Waals surface area contributed by atoms with Crippen LogP contribution in [0.3, 0.4) is 0 Å². The van der Waals surface area contributed by atoms with Gasteiger partial charge in [-0.15, -0.1) is 0 Å². The molecule has 164 valence electrons. The smallest absolute Gasteiger partial charge is 0.312 e. The van der Waals surface area contributed by atoms with E-state index in [0.717, 1.165) is 6.42 Å². The van der Waals surface area contributed by atoms with E-state index in [0.29, 0.717) is 12.8 Å². The van der Waals surface area contributed by atoms with Gasteiger partial charge in [0, 0.05) is 6.04 Å². The lowest BCUT2D eigenvalue weighted by Gasteiger charge is -2.39. The van der Waals surface area contributed by atoms with Crippen molar-refractivity contribution in [2.75, 3.05) is 13.2 Å². The third kappa shape index (κ3) is 3.34. The largest absolute Gasteiger partial charge is 0.466 e. The molecule has 3 saturated heterocycles. The first-order valence-electron chi connectivity index (χ1n) is 10.8. The van der Waals surface area contributed by atoms with Gasteiger partial charge < -0.3 is 24.8 Å². The molecule has 8 heteroatoms. The fourth-order valence-electron chi connectivity index (χ4n) is 5.43. The number of aliphatic hydroxyl groups is 1. The van der Waals surface area contributed by atoms with E-state index in [4.69, 9.17) is 9.47 Å². The average Bonchev–Trinajstić information content (AvgIpc) is 3.29. The summed E-state index contributed by atoms with van der Waals surface area (Å²) in [5.74, 6) is -2.47. The fraction of sp³-hybridized carbons (Fsp3) is 0.857. The van der Waals surface area contributed by atoms with Crippen molar-refractivity contribution in [3.05, 3.63) is 0 Å². The van der Waals surface area contributed by atoms with Crippen LogP contribution in [0.25, 0.3) is 0 Å². The summed E-state index contributed by atoms with van der Waals surface area (Å²) in [6.07, 6.45) is 1.49. The van der Waals surface area contributed by atoms with Crippen molar-refractivity contribution in [3.63, 3.8) is 0 Å². The second-order valence-corrected chi connectivity index (χ2v) is 8.85. The molecule has 0 radical (unpaired) electrons. The maximum absolute atomic E-state index is 13.7. The zero-order valence-corrected chi connectivity index (χ0v) is 18.0. The lowest BCUT2D eigenvalue weighted by atomic mass is 9.70. The van der Waals surface area contributed by atoms with Crippen LogP contribution in [0.15, 0.2) is 0 Å². The Hall–Kier alpha value is -1.67. The number of hydrogen-bond acceptors (Lipinski definition) is 6. The molecule has 3 heterocycles. The van der Waals surface area contributed by atoms with Gasteiger partial charge in [-0.05, 0) is 39.5 Å². The fourth-order valence-corrected chi connectivity index (χ4v) is 5.43. The van der Waals surface area contributed by atoms with Crippen LogP contribution in [-0.4, -0.2) is 70.8 Å². The van der Waals surface area contributed by atoms with E-state index in [1.165, 1.54) is 4.90 Å². The van der Waals surface area contributed by atoms with Crippen molar-refractivity contribution < 1.29 is 29.0 Å². The lowest BCUT2D eigenvalue weighted by molar-refractivity contribution is -0.156. The van der Waals surface area contributed by atoms with Crippen molar-refractivity contribution in [1.82, 2.24) is 10.2 Å². The summed E-state index contributed by atoms with van der Waals surface area (Å²) in [4.78, 5) is 41.2. The first-order valence-corrected chi connectivity index (χ1v) is 10.8. The van der Waals surface area contributed by atoms with Crippen LogP contribution in [0.1, 0.15) is 53.9 Å². The number of nitrogens with zero attached hydrogens (tertiary/aromatic N) is 1. The van der Waals surface area contributed by atoms with E-state index in [-0.39, 0.29) is 37.0 Å². The first-order chi connectivity index (χ1) is 13.7. The Morgan fingerprint density at radius 2 is 2.03 bits per heavy atom. The maximum Gasteiger partial charge on any atom is 0.312 e. The van der Waals surface area contributed by atoms with Crippen LogP contribution in [0.4, 0.5) is 0 Å². The number of nitrogens with one attached hydrogen (secondary N) is 1. The van der Waals surface area contributed by atoms with Crippen LogP contribution < -0.4 is 5.32 Å². The van der Waals surface area contributed by atoms with E-state index in [1.54, 1.807) is 6.92 Å². The molecule has 2 N–H and O–H groups in total. The molecule has 3 fully saturated rings. The van der Waals surface area contributed by atoms with Gasteiger partial charge in [0.2, 0.25) is 11.8 Å². The van der Waals surface area contributed by atoms with Crippen LogP contribution in [0.2, 0.25) is 0 Å². The van der Waals surface area contributed by atoms with Gasteiger partial charge in [-0.3, -0.25) is 14.4 Å². The van der Waals surface area contributed by atoms with E-state index in [9.17, 15) is 19.5 Å². The number of esters is 1. The highest BCUT2D eigenvalue weighted by atomic mass is 16.6. The molecule has 3 aliphatic heterocycles. The number of amides is 2. The summed E-state index contributed by atoms with van der Waals surface area (Å²) >= 11 is 0. The predicted molar refractivity (Wildman–Crippen MR) is 105 cm³/mol. The molecule has 0 aromatic carbocycles. The highest BCUT2D eigenvalue weighted by Crippen LogP contribution is 2.59. The summed E-state index contributed by atoms with van der Waals surface area (Å²) in [6.45, 7) is 9.37. The zero-order chi connectivity index (χ0) is 21.5. The molecule has 0 aliphatic carbocycles. The number of likely N-dealkylation sites (tertiary alicyclic amines) is 1. The Morgan fingerprint density at radius 3 is 2.59 bits per heavy atom. The molecule has 8 nitrogen and oxygen atoms in total. The molecule has 0 saturated carbocycles. The minimum Gasteiger partial charge on any atom is -0.466 e. The van der Waals surface area contributed by atoms with E-state index < -0.39 is 41.6 Å². The van der Waals surface area contributed by atoms with Gasteiger partial charge >= 0.3 is 5.97 Å². The normalized spacial score (nSPS) is 35.0. The number of fused-ring (bicyclic) bond motifs is 1. The summed E-state index contributed by atoms with van der Waals surface area (Å²) in [5, 5.41) is 13.0. The Morgan fingerprint density at radius 1 is 1.34 bits per heavy atom. The second kappa shape index (κ2) is 8.22. The molecule has 2 amide bonds. The molecule has 3 aliphatic rings. The number of carbonyl (C=O) groups is 3. The van der Waals surface area contributed by atoms with Crippen LogP contribution in [-0.2, 0) is 23.9 Å². The molecule has 29 heavy (non-hydrogen) atoms. The van der Waals surface area contributed by atoms with Gasteiger partial charge in [0.05, 0.1) is 37.2 Å². The summed E-state index contributed by atoms with van der Waals surface area (Å²) in [7, 11) is 0. The van der Waals surface area contributed by atoms with Gasteiger partial charge in [0.1, 0.15) is 11.6 Å². The Balaban J connectivity index is 2.06. The molecule has 0 aromatic heterocycles. The van der Waals surface area contributed by atoms with Crippen molar-refractivity contribution in [3.8, 4) is 0 Å². The summed E-state index contributed by atoms with van der Waals surface area (Å²) in [5.41, 5.74) is -1.04. The first kappa shape index (κ1) is 22.0. The molecule has 0 aromatic rings. The quantitative estimate of drug-likeness (QED) is 0.575. The number of aliphatic hydroxyl groups excluding tert-OH is 1. The van der Waals surface area contributed by atoms with Crippen LogP contribution >= 0.6 is 0 Å². The average molecular weight is 411 g/mol. The van der Waals surface area contributed by atoms with Gasteiger partial charge in [0.15, 0.2) is 0 Å². The van der Waals surface area contributed by atoms with Gasteiger partial charge in [0.25, 0.3) is 0 Å². The number of hydrogen-bond donors (Lipinski definition) is 2. The Bertz CT molecular complexity index is 668. The van der Waals surface area contributed by atoms with Gasteiger partial charge in [-0.2, -0.15) is 0 Å². The maximum atomic E-state index is 13.7. The molecule has 2 unspecified atom stereocenters. The van der Waals surface area contributed by atoms with Gasteiger partial charge in [-0.1, -0.05) is 20.3 Å². The number of rotatable bonds is 8. The standard InChI is InChI=1S/C21H34N2O6/c1-6-12(5)13(10-24)23-17(18(25)22-11(3)4)21-9-8-14(29-21)15(16(21)19(23)26)20(27)28-7-2/h11-17,24H,6-10H2,1-5H3,(H,22,25)/t12-,13-,14+,15-,16-,17?,21?/m0/s1. The Kier molecular flexibility index (Phi) is 6.24. The highest BCUT2D eigenvalue weighted by molar-refractivity contribution is 5.98. The number of ether oxygens (including phenoxy) is 2. The van der Waals surface area contributed by atoms with Crippen molar-refractivity contribution in [2.24, 2.45) is 17.8 Å². The summed E-state index contributed by atoms with van der Waals surface area (Å²) in [6, 6.07) is -1.48.